The molecule has 140 valence electrons. The third-order valence-corrected chi connectivity index (χ3v) is 5.66. The Morgan fingerprint density at radius 2 is 1.67 bits per heavy atom. The quantitative estimate of drug-likeness (QED) is 0.708. The smallest absolute Gasteiger partial charge is 0.231 e. The van der Waals surface area contributed by atoms with Crippen LogP contribution < -0.4 is 24.3 Å². The minimum absolute atomic E-state index is 0.278. The van der Waals surface area contributed by atoms with E-state index in [4.69, 9.17) is 18.9 Å². The van der Waals surface area contributed by atoms with E-state index in [-0.39, 0.29) is 6.79 Å². The molecule has 2 heterocycles. The molecule has 0 saturated carbocycles. The van der Waals surface area contributed by atoms with E-state index in [1.807, 2.05) is 0 Å². The molecule has 3 aromatic rings. The standard InChI is InChI=1S/C22H23NO4/c1-24-19-8-14-6-13(7-15-4-3-5-23-15)17-10-21-22(27-12-26-21)11-18(17)16(14)9-20(19)25-2/h6,8-11,15,23H,3-5,7,12H2,1-2H3. The summed E-state index contributed by atoms with van der Waals surface area (Å²) in [7, 11) is 3.34. The predicted molar refractivity (Wildman–Crippen MR) is 105 cm³/mol. The minimum Gasteiger partial charge on any atom is -0.493 e. The van der Waals surface area contributed by atoms with Crippen molar-refractivity contribution in [3.05, 3.63) is 35.9 Å². The number of benzene rings is 3. The van der Waals surface area contributed by atoms with Gasteiger partial charge in [-0.3, -0.25) is 0 Å². The van der Waals surface area contributed by atoms with E-state index in [1.54, 1.807) is 14.2 Å². The molecule has 2 aliphatic rings. The third kappa shape index (κ3) is 2.73. The third-order valence-electron chi connectivity index (χ3n) is 5.66. The molecule has 27 heavy (non-hydrogen) atoms. The molecule has 0 radical (unpaired) electrons. The maximum Gasteiger partial charge on any atom is 0.231 e. The van der Waals surface area contributed by atoms with Crippen LogP contribution >= 0.6 is 0 Å². The summed E-state index contributed by atoms with van der Waals surface area (Å²) in [5, 5.41) is 8.26. The van der Waals surface area contributed by atoms with Crippen LogP contribution in [0, 0.1) is 0 Å². The van der Waals surface area contributed by atoms with Crippen LogP contribution in [-0.4, -0.2) is 33.6 Å². The zero-order chi connectivity index (χ0) is 18.4. The molecule has 0 aliphatic carbocycles. The van der Waals surface area contributed by atoms with Crippen molar-refractivity contribution in [2.45, 2.75) is 25.3 Å². The van der Waals surface area contributed by atoms with Gasteiger partial charge >= 0.3 is 0 Å². The average Bonchev–Trinajstić information content (AvgIpc) is 3.37. The van der Waals surface area contributed by atoms with Crippen LogP contribution in [0.25, 0.3) is 21.5 Å². The molecule has 2 aliphatic heterocycles. The van der Waals surface area contributed by atoms with Gasteiger partial charge in [0.15, 0.2) is 23.0 Å². The Hall–Kier alpha value is -2.66. The Balaban J connectivity index is 1.78. The zero-order valence-corrected chi connectivity index (χ0v) is 15.6. The zero-order valence-electron chi connectivity index (χ0n) is 15.6. The van der Waals surface area contributed by atoms with Gasteiger partial charge in [-0.2, -0.15) is 0 Å². The summed E-state index contributed by atoms with van der Waals surface area (Å²) < 4.78 is 22.3. The molecule has 5 nitrogen and oxygen atoms in total. The van der Waals surface area contributed by atoms with Crippen LogP contribution in [0.1, 0.15) is 18.4 Å². The van der Waals surface area contributed by atoms with Gasteiger partial charge in [0.25, 0.3) is 0 Å². The van der Waals surface area contributed by atoms with E-state index in [0.717, 1.165) is 52.1 Å². The molecular formula is C22H23NO4. The van der Waals surface area contributed by atoms with Gasteiger partial charge in [-0.05, 0) is 77.2 Å². The van der Waals surface area contributed by atoms with Gasteiger partial charge in [0.05, 0.1) is 14.2 Å². The molecule has 0 spiro atoms. The fraction of sp³-hybridized carbons (Fsp3) is 0.364. The SMILES string of the molecule is COc1cc2cc(CC3CCCN3)c3cc4c(cc3c2cc1OC)OCO4. The van der Waals surface area contributed by atoms with Crippen LogP contribution in [0.5, 0.6) is 23.0 Å². The van der Waals surface area contributed by atoms with Gasteiger partial charge in [0.1, 0.15) is 0 Å². The van der Waals surface area contributed by atoms with E-state index in [9.17, 15) is 0 Å². The molecule has 0 aromatic heterocycles. The highest BCUT2D eigenvalue weighted by Crippen LogP contribution is 2.43. The molecule has 3 aromatic carbocycles. The highest BCUT2D eigenvalue weighted by Gasteiger charge is 2.21. The van der Waals surface area contributed by atoms with Gasteiger partial charge in [-0.1, -0.05) is 6.07 Å². The van der Waals surface area contributed by atoms with Crippen molar-refractivity contribution < 1.29 is 18.9 Å². The second-order valence-electron chi connectivity index (χ2n) is 7.21. The topological polar surface area (TPSA) is 49.0 Å². The van der Waals surface area contributed by atoms with E-state index >= 15 is 0 Å². The Kier molecular flexibility index (Phi) is 3.97. The summed E-state index contributed by atoms with van der Waals surface area (Å²) in [5.41, 5.74) is 1.32. The molecule has 5 rings (SSSR count). The second-order valence-corrected chi connectivity index (χ2v) is 7.21. The first-order valence-corrected chi connectivity index (χ1v) is 9.41. The average molecular weight is 365 g/mol. The van der Waals surface area contributed by atoms with Crippen molar-refractivity contribution >= 4 is 21.5 Å². The van der Waals surface area contributed by atoms with Gasteiger partial charge < -0.3 is 24.3 Å². The van der Waals surface area contributed by atoms with Crippen LogP contribution in [-0.2, 0) is 6.42 Å². The number of hydrogen-bond acceptors (Lipinski definition) is 5. The highest BCUT2D eigenvalue weighted by molar-refractivity contribution is 6.11. The van der Waals surface area contributed by atoms with Crippen LogP contribution in [0.2, 0.25) is 0 Å². The van der Waals surface area contributed by atoms with E-state index in [2.05, 4.69) is 35.6 Å². The van der Waals surface area contributed by atoms with Crippen molar-refractivity contribution in [1.29, 1.82) is 0 Å². The normalized spacial score (nSPS) is 18.4. The van der Waals surface area contributed by atoms with Crippen molar-refractivity contribution in [1.82, 2.24) is 5.32 Å². The van der Waals surface area contributed by atoms with Crippen molar-refractivity contribution in [3.8, 4) is 23.0 Å². The number of hydrogen-bond donors (Lipinski definition) is 1. The Morgan fingerprint density at radius 1 is 0.926 bits per heavy atom. The Bertz CT molecular complexity index is 1020. The maximum absolute atomic E-state index is 5.64. The van der Waals surface area contributed by atoms with Gasteiger partial charge in [0, 0.05) is 6.04 Å². The fourth-order valence-electron chi connectivity index (χ4n) is 4.31. The number of methoxy groups -OCH3 is 2. The van der Waals surface area contributed by atoms with Crippen molar-refractivity contribution in [2.75, 3.05) is 27.6 Å². The van der Waals surface area contributed by atoms with Crippen LogP contribution in [0.15, 0.2) is 30.3 Å². The summed E-state index contributed by atoms with van der Waals surface area (Å²) in [4.78, 5) is 0. The molecule has 1 fully saturated rings. The first-order chi connectivity index (χ1) is 13.3. The van der Waals surface area contributed by atoms with Crippen LogP contribution in [0.4, 0.5) is 0 Å². The van der Waals surface area contributed by atoms with E-state index in [1.165, 1.54) is 23.8 Å². The first-order valence-electron chi connectivity index (χ1n) is 9.41. The highest BCUT2D eigenvalue weighted by atomic mass is 16.7. The lowest BCUT2D eigenvalue weighted by atomic mass is 9.92. The molecule has 0 bridgehead atoms. The largest absolute Gasteiger partial charge is 0.493 e. The summed E-state index contributed by atoms with van der Waals surface area (Å²) in [6, 6.07) is 11.1. The number of nitrogens with one attached hydrogen (secondary N) is 1. The Morgan fingerprint density at radius 3 is 2.37 bits per heavy atom. The number of ether oxygens (including phenoxy) is 4. The molecule has 1 N–H and O–H groups in total. The first kappa shape index (κ1) is 16.5. The van der Waals surface area contributed by atoms with Gasteiger partial charge in [-0.15, -0.1) is 0 Å². The summed E-state index contributed by atoms with van der Waals surface area (Å²) in [6.07, 6.45) is 3.46. The predicted octanol–water partition coefficient (Wildman–Crippen LogP) is 4.03. The van der Waals surface area contributed by atoms with Gasteiger partial charge in [0.2, 0.25) is 6.79 Å². The lowest BCUT2D eigenvalue weighted by Crippen LogP contribution is -2.23. The van der Waals surface area contributed by atoms with Crippen molar-refractivity contribution in [2.24, 2.45) is 0 Å². The summed E-state index contributed by atoms with van der Waals surface area (Å²) in [5.74, 6) is 3.10. The summed E-state index contributed by atoms with van der Waals surface area (Å²) >= 11 is 0. The lowest BCUT2D eigenvalue weighted by Gasteiger charge is -2.17. The molecule has 1 unspecified atom stereocenters. The molecule has 1 saturated heterocycles. The Labute approximate surface area is 158 Å². The lowest BCUT2D eigenvalue weighted by molar-refractivity contribution is 0.174. The summed E-state index contributed by atoms with van der Waals surface area (Å²) in [6.45, 7) is 1.38. The van der Waals surface area contributed by atoms with Crippen LogP contribution in [0.3, 0.4) is 0 Å². The second kappa shape index (κ2) is 6.50. The number of fused-ring (bicyclic) bond motifs is 4. The van der Waals surface area contributed by atoms with Gasteiger partial charge in [-0.25, -0.2) is 0 Å². The van der Waals surface area contributed by atoms with Crippen molar-refractivity contribution in [3.63, 3.8) is 0 Å². The minimum atomic E-state index is 0.278. The monoisotopic (exact) mass is 365 g/mol. The fourth-order valence-corrected chi connectivity index (χ4v) is 4.31. The number of rotatable bonds is 4. The molecule has 1 atom stereocenters. The van der Waals surface area contributed by atoms with E-state index < -0.39 is 0 Å². The molecule has 0 amide bonds. The maximum atomic E-state index is 5.64. The molecule has 5 heteroatoms. The van der Waals surface area contributed by atoms with E-state index in [0.29, 0.717) is 6.04 Å². The molecular weight excluding hydrogens is 342 g/mol.